The van der Waals surface area contributed by atoms with Crippen LogP contribution in [0.15, 0.2) is 119 Å². The highest BCUT2D eigenvalue weighted by Crippen LogP contribution is 2.43. The SMILES string of the molecule is CCCOc1ccc(-c2cc(C(C(=O)OCCOCCOC(=O)C(CCOCCOC)(c3cc(-c4ccc(OCCC)cc4C(F)(F)F)no3)n3cc4nc(-c5cccc(F)c5F)nc-4cn3)n3cc4nc(-c5cccc(F)c5F)nc-4cn3)on2)c(C(F)(F)F)c1. The fourth-order valence-electron chi connectivity index (χ4n) is 9.49. The summed E-state index contributed by atoms with van der Waals surface area (Å²) < 4.78 is 199. The Balaban J connectivity index is 0.916. The lowest BCUT2D eigenvalue weighted by molar-refractivity contribution is -0.157. The summed E-state index contributed by atoms with van der Waals surface area (Å²) >= 11 is 0. The number of carbonyl (C=O) groups is 2. The van der Waals surface area contributed by atoms with Gasteiger partial charge in [-0.1, -0.05) is 36.3 Å². The van der Waals surface area contributed by atoms with Gasteiger partial charge in [0.25, 0.3) is 0 Å². The molecule has 2 atom stereocenters. The maximum atomic E-state index is 15.0. The van der Waals surface area contributed by atoms with E-state index in [0.29, 0.717) is 12.8 Å². The van der Waals surface area contributed by atoms with E-state index in [1.54, 1.807) is 13.8 Å². The summed E-state index contributed by atoms with van der Waals surface area (Å²) in [5.74, 6) is -8.59. The molecule has 0 aliphatic carbocycles. The first-order chi connectivity index (χ1) is 44.2. The minimum Gasteiger partial charge on any atom is -0.494 e. The Labute approximate surface area is 514 Å². The first-order valence-corrected chi connectivity index (χ1v) is 28.2. The number of hydrogen-bond donors (Lipinski definition) is 0. The predicted octanol–water partition coefficient (Wildman–Crippen LogP) is 11.9. The zero-order valence-electron chi connectivity index (χ0n) is 48.7. The van der Waals surface area contributed by atoms with Crippen molar-refractivity contribution in [3.05, 3.63) is 156 Å². The van der Waals surface area contributed by atoms with Crippen LogP contribution >= 0.6 is 0 Å². The molecule has 2 unspecified atom stereocenters. The van der Waals surface area contributed by atoms with Gasteiger partial charge >= 0.3 is 24.3 Å². The molecule has 0 N–H and O–H groups in total. The molecule has 31 heteroatoms. The Hall–Kier alpha value is -9.88. The van der Waals surface area contributed by atoms with Crippen molar-refractivity contribution in [1.82, 2.24) is 49.8 Å². The fraction of sp³-hybridized carbons (Fsp3) is 0.311. The average Bonchev–Trinajstić information content (AvgIpc) is 1.47. The Kier molecular flexibility index (Phi) is 19.9. The number of halogens is 10. The number of benzene rings is 4. The van der Waals surface area contributed by atoms with E-state index in [2.05, 4.69) is 40.4 Å². The van der Waals surface area contributed by atoms with E-state index in [4.69, 9.17) is 42.2 Å². The van der Waals surface area contributed by atoms with Gasteiger partial charge < -0.3 is 42.2 Å². The number of carbonyl (C=O) groups excluding carboxylic acids is 2. The molecule has 0 saturated carbocycles. The number of ether oxygens (including phenoxy) is 7. The van der Waals surface area contributed by atoms with Crippen LogP contribution in [0.1, 0.15) is 61.8 Å². The summed E-state index contributed by atoms with van der Waals surface area (Å²) in [4.78, 5) is 46.5. The summed E-state index contributed by atoms with van der Waals surface area (Å²) in [7, 11) is 1.42. The van der Waals surface area contributed by atoms with Crippen molar-refractivity contribution in [3.63, 3.8) is 0 Å². The van der Waals surface area contributed by atoms with Crippen LogP contribution in [0.4, 0.5) is 43.9 Å². The fourth-order valence-corrected chi connectivity index (χ4v) is 9.49. The molecule has 0 radical (unpaired) electrons. The summed E-state index contributed by atoms with van der Waals surface area (Å²) in [6.45, 7) is 1.68. The number of aromatic nitrogens is 10. The number of fused-ring (bicyclic) bond motifs is 2. The van der Waals surface area contributed by atoms with Crippen molar-refractivity contribution in [2.24, 2.45) is 0 Å². The van der Waals surface area contributed by atoms with E-state index in [-0.39, 0.29) is 107 Å². The Morgan fingerprint density at radius 1 is 0.543 bits per heavy atom. The molecule has 0 spiro atoms. The van der Waals surface area contributed by atoms with Gasteiger partial charge in [0.1, 0.15) is 58.9 Å². The lowest BCUT2D eigenvalue weighted by Gasteiger charge is -2.30. The predicted molar refractivity (Wildman–Crippen MR) is 300 cm³/mol. The molecular formula is C61H52F10N10O11. The number of methoxy groups -OCH3 is 1. The van der Waals surface area contributed by atoms with Gasteiger partial charge in [-0.25, -0.2) is 56.5 Å². The summed E-state index contributed by atoms with van der Waals surface area (Å²) in [5.41, 5.74) is -6.76. The molecule has 92 heavy (non-hydrogen) atoms. The van der Waals surface area contributed by atoms with E-state index in [1.165, 1.54) is 55.9 Å². The van der Waals surface area contributed by atoms with Gasteiger partial charge in [0, 0.05) is 36.8 Å². The molecule has 0 fully saturated rings. The first kappa shape index (κ1) is 65.1. The minimum absolute atomic E-state index is 0.00162. The highest BCUT2D eigenvalue weighted by molar-refractivity contribution is 5.83. The van der Waals surface area contributed by atoms with Gasteiger partial charge in [-0.15, -0.1) is 0 Å². The lowest BCUT2D eigenvalue weighted by atomic mass is 9.91. The smallest absolute Gasteiger partial charge is 0.417 e. The molecule has 0 bridgehead atoms. The Bertz CT molecular complexity index is 4140. The van der Waals surface area contributed by atoms with Crippen molar-refractivity contribution in [3.8, 4) is 79.6 Å². The lowest BCUT2D eigenvalue weighted by Crippen LogP contribution is -2.46. The van der Waals surface area contributed by atoms with Crippen LogP contribution in [-0.4, -0.2) is 128 Å². The van der Waals surface area contributed by atoms with Gasteiger partial charge in [-0.2, -0.15) is 36.5 Å². The number of alkyl halides is 6. The van der Waals surface area contributed by atoms with Gasteiger partial charge in [0.2, 0.25) is 11.6 Å². The zero-order valence-corrected chi connectivity index (χ0v) is 48.7. The van der Waals surface area contributed by atoms with E-state index in [1.807, 2.05) is 0 Å². The molecule has 482 valence electrons. The summed E-state index contributed by atoms with van der Waals surface area (Å²) in [6.07, 6.45) is -4.60. The standard InChI is InChI=1S/C61H52F10N10O11/c1-4-17-87-34-12-14-36(40(26-34)60(66,67)68)44-28-50(91-78-44)54(80-32-48-46(30-72-80)74-55(76-48)38-8-6-10-42(62)52(38)64)57(82)89-24-22-86-23-25-90-58(83)59(16-19-85-21-20-84-3,81-33-49-47(31-73-81)75-56(77-49)39-9-7-11-43(63)53(39)65)51-29-45(79-92-51)37-15-13-35(88-18-5-2)27-41(37)61(69,70)71/h6-15,26-33,54H,4-5,16-25H2,1-3H3. The van der Waals surface area contributed by atoms with Gasteiger partial charge in [0.05, 0.1) is 93.3 Å². The van der Waals surface area contributed by atoms with Crippen molar-refractivity contribution >= 4 is 11.9 Å². The average molecular weight is 1290 g/mol. The molecule has 21 nitrogen and oxygen atoms in total. The van der Waals surface area contributed by atoms with Gasteiger partial charge in [-0.05, 0) is 73.5 Å². The topological polar surface area (TPSA) is 238 Å². The van der Waals surface area contributed by atoms with E-state index >= 15 is 9.18 Å². The third kappa shape index (κ3) is 14.2. The molecular weight excluding hydrogens is 1240 g/mol. The second kappa shape index (κ2) is 28.1. The molecule has 0 amide bonds. The number of nitrogens with zero attached hydrogens (tertiary/aromatic N) is 10. The number of imidazole rings is 2. The molecule has 4 aromatic carbocycles. The third-order valence-corrected chi connectivity index (χ3v) is 13.9. The molecule has 4 aliphatic heterocycles. The molecule has 0 saturated heterocycles. The Morgan fingerprint density at radius 2 is 1.07 bits per heavy atom. The molecule has 2 aromatic heterocycles. The highest BCUT2D eigenvalue weighted by Gasteiger charge is 2.49. The number of esters is 2. The largest absolute Gasteiger partial charge is 0.494 e. The quantitative estimate of drug-likeness (QED) is 0.0252. The van der Waals surface area contributed by atoms with Gasteiger partial charge in [-0.3, -0.25) is 0 Å². The van der Waals surface area contributed by atoms with Crippen LogP contribution in [0, 0.1) is 23.3 Å². The summed E-state index contributed by atoms with van der Waals surface area (Å²) in [6, 6.07) is 13.6. The van der Waals surface area contributed by atoms with Crippen molar-refractivity contribution in [2.45, 2.75) is 57.0 Å². The van der Waals surface area contributed by atoms with E-state index in [0.717, 1.165) is 70.3 Å². The molecule has 10 rings (SSSR count). The van der Waals surface area contributed by atoms with Crippen LogP contribution in [0.2, 0.25) is 0 Å². The maximum absolute atomic E-state index is 15.0. The van der Waals surface area contributed by atoms with Crippen LogP contribution in [0.3, 0.4) is 0 Å². The van der Waals surface area contributed by atoms with E-state index < -0.39 is 120 Å². The monoisotopic (exact) mass is 1290 g/mol. The van der Waals surface area contributed by atoms with Crippen LogP contribution in [-0.2, 0) is 51.2 Å². The second-order valence-electron chi connectivity index (χ2n) is 20.1. The van der Waals surface area contributed by atoms with Gasteiger partial charge in [0.15, 0.2) is 46.4 Å². The number of hydrogen-bond acceptors (Lipinski definition) is 19. The van der Waals surface area contributed by atoms with Crippen LogP contribution in [0.25, 0.3) is 68.1 Å². The van der Waals surface area contributed by atoms with E-state index in [9.17, 15) is 44.3 Å². The first-order valence-electron chi connectivity index (χ1n) is 28.2. The normalized spacial score (nSPS) is 13.0. The third-order valence-electron chi connectivity index (χ3n) is 13.9. The maximum Gasteiger partial charge on any atom is 0.417 e. The number of rotatable bonds is 28. The minimum atomic E-state index is -4.94. The highest BCUT2D eigenvalue weighted by atomic mass is 19.4. The second-order valence-corrected chi connectivity index (χ2v) is 20.1. The van der Waals surface area contributed by atoms with Crippen LogP contribution < -0.4 is 9.47 Å². The molecule has 6 heterocycles. The molecule has 6 aromatic rings. The van der Waals surface area contributed by atoms with Crippen molar-refractivity contribution < 1.29 is 95.7 Å². The van der Waals surface area contributed by atoms with Crippen LogP contribution in [0.5, 0.6) is 11.5 Å². The van der Waals surface area contributed by atoms with Crippen molar-refractivity contribution in [2.75, 3.05) is 66.6 Å². The summed E-state index contributed by atoms with van der Waals surface area (Å²) in [5, 5.41) is 16.5. The Morgan fingerprint density at radius 3 is 1.64 bits per heavy atom. The zero-order chi connectivity index (χ0) is 65.3. The molecule has 4 aliphatic rings. The van der Waals surface area contributed by atoms with Crippen molar-refractivity contribution in [1.29, 1.82) is 0 Å².